The Morgan fingerprint density at radius 2 is 2.06 bits per heavy atom. The first-order chi connectivity index (χ1) is 7.80. The van der Waals surface area contributed by atoms with Crippen LogP contribution in [-0.4, -0.2) is 12.6 Å². The van der Waals surface area contributed by atoms with Crippen LogP contribution in [0.5, 0.6) is 0 Å². The third kappa shape index (κ3) is 1.96. The molecule has 1 saturated carbocycles. The summed E-state index contributed by atoms with van der Waals surface area (Å²) in [5, 5.41) is 12.8. The molecule has 0 aliphatic heterocycles. The smallest absolute Gasteiger partial charge is 0.0852 e. The van der Waals surface area contributed by atoms with Crippen LogP contribution >= 0.6 is 0 Å². The molecule has 0 radical (unpaired) electrons. The van der Waals surface area contributed by atoms with Crippen molar-refractivity contribution in [2.24, 2.45) is 0 Å². The highest BCUT2D eigenvalue weighted by atomic mass is 14.9. The summed E-state index contributed by atoms with van der Waals surface area (Å²) in [5.74, 6) is 0. The minimum atomic E-state index is -0.229. The minimum Gasteiger partial charge on any atom is -0.314 e. The van der Waals surface area contributed by atoms with Crippen molar-refractivity contribution in [3.63, 3.8) is 0 Å². The van der Waals surface area contributed by atoms with E-state index in [9.17, 15) is 5.26 Å². The Morgan fingerprint density at radius 3 is 2.62 bits per heavy atom. The summed E-state index contributed by atoms with van der Waals surface area (Å²) >= 11 is 0. The van der Waals surface area contributed by atoms with Crippen LogP contribution in [0, 0.1) is 11.3 Å². The summed E-state index contributed by atoms with van der Waals surface area (Å²) < 4.78 is 0. The highest BCUT2D eigenvalue weighted by Crippen LogP contribution is 2.43. The van der Waals surface area contributed by atoms with Gasteiger partial charge in [-0.1, -0.05) is 37.3 Å². The van der Waals surface area contributed by atoms with E-state index >= 15 is 0 Å². The third-order valence-electron chi connectivity index (χ3n) is 3.41. The standard InChI is InChI=1S/C14H18N2/c1-2-8-16-13-9-14(10-13,11-15)12-6-4-3-5-7-12/h3-7,13,16H,2,8-10H2,1H3. The summed E-state index contributed by atoms with van der Waals surface area (Å²) in [6.45, 7) is 3.22. The Morgan fingerprint density at radius 1 is 1.38 bits per heavy atom. The van der Waals surface area contributed by atoms with Gasteiger partial charge in [-0.2, -0.15) is 5.26 Å². The van der Waals surface area contributed by atoms with E-state index in [1.165, 1.54) is 5.56 Å². The van der Waals surface area contributed by atoms with Crippen LogP contribution in [-0.2, 0) is 5.41 Å². The van der Waals surface area contributed by atoms with Crippen molar-refractivity contribution in [2.75, 3.05) is 6.54 Å². The largest absolute Gasteiger partial charge is 0.314 e. The lowest BCUT2D eigenvalue weighted by atomic mass is 9.62. The lowest BCUT2D eigenvalue weighted by Gasteiger charge is -2.43. The van der Waals surface area contributed by atoms with Crippen LogP contribution in [0.1, 0.15) is 31.7 Å². The number of rotatable bonds is 4. The average molecular weight is 214 g/mol. The second-order valence-corrected chi connectivity index (χ2v) is 4.62. The fourth-order valence-electron chi connectivity index (χ4n) is 2.42. The molecule has 1 aromatic carbocycles. The molecule has 16 heavy (non-hydrogen) atoms. The Kier molecular flexibility index (Phi) is 3.26. The molecule has 0 aromatic heterocycles. The Hall–Kier alpha value is -1.33. The first-order valence-corrected chi connectivity index (χ1v) is 6.01. The summed E-state index contributed by atoms with van der Waals surface area (Å²) in [6.07, 6.45) is 3.06. The summed E-state index contributed by atoms with van der Waals surface area (Å²) in [7, 11) is 0. The van der Waals surface area contributed by atoms with E-state index in [1.54, 1.807) is 0 Å². The fourth-order valence-corrected chi connectivity index (χ4v) is 2.42. The minimum absolute atomic E-state index is 0.229. The van der Waals surface area contributed by atoms with Crippen molar-refractivity contribution in [1.29, 1.82) is 5.26 Å². The lowest BCUT2D eigenvalue weighted by molar-refractivity contribution is 0.227. The number of hydrogen-bond acceptors (Lipinski definition) is 2. The molecule has 0 bridgehead atoms. The topological polar surface area (TPSA) is 35.8 Å². The molecule has 0 heterocycles. The first-order valence-electron chi connectivity index (χ1n) is 6.01. The van der Waals surface area contributed by atoms with Gasteiger partial charge in [0.2, 0.25) is 0 Å². The van der Waals surface area contributed by atoms with Gasteiger partial charge < -0.3 is 5.32 Å². The second-order valence-electron chi connectivity index (χ2n) is 4.62. The van der Waals surface area contributed by atoms with Crippen molar-refractivity contribution in [3.05, 3.63) is 35.9 Å². The van der Waals surface area contributed by atoms with E-state index in [-0.39, 0.29) is 5.41 Å². The van der Waals surface area contributed by atoms with E-state index in [1.807, 2.05) is 18.2 Å². The Labute approximate surface area is 97.3 Å². The van der Waals surface area contributed by atoms with Gasteiger partial charge in [-0.15, -0.1) is 0 Å². The predicted octanol–water partition coefficient (Wildman–Crippen LogP) is 2.61. The second kappa shape index (κ2) is 4.67. The number of nitrogens with one attached hydrogen (secondary N) is 1. The van der Waals surface area contributed by atoms with Crippen LogP contribution in [0.15, 0.2) is 30.3 Å². The molecular weight excluding hydrogens is 196 g/mol. The van der Waals surface area contributed by atoms with Gasteiger partial charge in [-0.3, -0.25) is 0 Å². The van der Waals surface area contributed by atoms with E-state index < -0.39 is 0 Å². The third-order valence-corrected chi connectivity index (χ3v) is 3.41. The monoisotopic (exact) mass is 214 g/mol. The predicted molar refractivity (Wildman–Crippen MR) is 65.0 cm³/mol. The average Bonchev–Trinajstić information content (AvgIpc) is 2.29. The zero-order chi connectivity index (χ0) is 11.4. The van der Waals surface area contributed by atoms with Crippen molar-refractivity contribution in [3.8, 4) is 6.07 Å². The molecule has 1 aromatic rings. The number of nitrogens with zero attached hydrogens (tertiary/aromatic N) is 1. The van der Waals surface area contributed by atoms with E-state index in [0.29, 0.717) is 6.04 Å². The highest BCUT2D eigenvalue weighted by molar-refractivity contribution is 5.36. The maximum absolute atomic E-state index is 9.36. The van der Waals surface area contributed by atoms with Crippen molar-refractivity contribution in [2.45, 2.75) is 37.6 Å². The number of nitriles is 1. The summed E-state index contributed by atoms with van der Waals surface area (Å²) in [5.41, 5.74) is 0.944. The van der Waals surface area contributed by atoms with Crippen LogP contribution in [0.3, 0.4) is 0 Å². The molecule has 0 spiro atoms. The maximum Gasteiger partial charge on any atom is 0.0852 e. The van der Waals surface area contributed by atoms with Crippen LogP contribution in [0.4, 0.5) is 0 Å². The molecule has 2 nitrogen and oxygen atoms in total. The van der Waals surface area contributed by atoms with Gasteiger partial charge in [-0.25, -0.2) is 0 Å². The molecule has 0 unspecified atom stereocenters. The molecule has 1 fully saturated rings. The van der Waals surface area contributed by atoms with Gasteiger partial charge in [0.15, 0.2) is 0 Å². The van der Waals surface area contributed by atoms with Gasteiger partial charge in [0.1, 0.15) is 0 Å². The molecule has 1 aliphatic carbocycles. The molecule has 2 rings (SSSR count). The summed E-state index contributed by atoms with van der Waals surface area (Å²) in [4.78, 5) is 0. The first kappa shape index (κ1) is 11.2. The zero-order valence-corrected chi connectivity index (χ0v) is 9.74. The molecule has 1 aliphatic rings. The van der Waals surface area contributed by atoms with Crippen molar-refractivity contribution >= 4 is 0 Å². The Bertz CT molecular complexity index is 371. The highest BCUT2D eigenvalue weighted by Gasteiger charge is 2.45. The molecule has 0 atom stereocenters. The molecule has 2 heteroatoms. The van der Waals surface area contributed by atoms with Gasteiger partial charge in [0, 0.05) is 6.04 Å². The van der Waals surface area contributed by atoms with Gasteiger partial charge in [0.25, 0.3) is 0 Å². The van der Waals surface area contributed by atoms with E-state index in [2.05, 4.69) is 30.4 Å². The summed E-state index contributed by atoms with van der Waals surface area (Å²) in [6, 6.07) is 13.2. The lowest BCUT2D eigenvalue weighted by Crippen LogP contribution is -2.51. The van der Waals surface area contributed by atoms with Crippen LogP contribution in [0.2, 0.25) is 0 Å². The van der Waals surface area contributed by atoms with E-state index in [4.69, 9.17) is 0 Å². The molecule has 1 N–H and O–H groups in total. The molecule has 0 saturated heterocycles. The molecule has 84 valence electrons. The number of hydrogen-bond donors (Lipinski definition) is 1. The van der Waals surface area contributed by atoms with Crippen molar-refractivity contribution < 1.29 is 0 Å². The van der Waals surface area contributed by atoms with Gasteiger partial charge >= 0.3 is 0 Å². The number of benzene rings is 1. The van der Waals surface area contributed by atoms with Gasteiger partial charge in [0.05, 0.1) is 11.5 Å². The van der Waals surface area contributed by atoms with Crippen LogP contribution < -0.4 is 5.32 Å². The quantitative estimate of drug-likeness (QED) is 0.836. The SMILES string of the molecule is CCCNC1CC(C#N)(c2ccccc2)C1. The molecular formula is C14H18N2. The zero-order valence-electron chi connectivity index (χ0n) is 9.74. The van der Waals surface area contributed by atoms with E-state index in [0.717, 1.165) is 25.8 Å². The molecule has 0 amide bonds. The Balaban J connectivity index is 2.01. The van der Waals surface area contributed by atoms with Crippen molar-refractivity contribution in [1.82, 2.24) is 5.32 Å². The van der Waals surface area contributed by atoms with Gasteiger partial charge in [-0.05, 0) is 31.4 Å². The van der Waals surface area contributed by atoms with Crippen LogP contribution in [0.25, 0.3) is 0 Å². The normalized spacial score (nSPS) is 28.1. The maximum atomic E-state index is 9.36. The fraction of sp³-hybridized carbons (Fsp3) is 0.500.